The summed E-state index contributed by atoms with van der Waals surface area (Å²) >= 11 is 0. The van der Waals surface area contributed by atoms with Gasteiger partial charge >= 0.3 is 0 Å². The van der Waals surface area contributed by atoms with Crippen LogP contribution in [0.25, 0.3) is 0 Å². The Balaban J connectivity index is 1.88. The van der Waals surface area contributed by atoms with Crippen molar-refractivity contribution in [1.29, 1.82) is 0 Å². The maximum atomic E-state index is 14.1. The van der Waals surface area contributed by atoms with E-state index >= 15 is 0 Å². The van der Waals surface area contributed by atoms with Gasteiger partial charge in [-0.3, -0.25) is 4.79 Å². The van der Waals surface area contributed by atoms with Crippen LogP contribution in [0.4, 0.5) is 8.78 Å². The first-order valence-corrected chi connectivity index (χ1v) is 9.01. The van der Waals surface area contributed by atoms with E-state index in [1.165, 1.54) is 18.2 Å². The number of benzene rings is 1. The third-order valence-electron chi connectivity index (χ3n) is 4.60. The van der Waals surface area contributed by atoms with E-state index < -0.39 is 23.8 Å². The van der Waals surface area contributed by atoms with Crippen molar-refractivity contribution in [3.63, 3.8) is 0 Å². The van der Waals surface area contributed by atoms with Crippen LogP contribution in [0, 0.1) is 11.6 Å². The number of amides is 1. The minimum absolute atomic E-state index is 0.0287. The van der Waals surface area contributed by atoms with Crippen molar-refractivity contribution >= 4 is 5.91 Å². The van der Waals surface area contributed by atoms with Gasteiger partial charge < -0.3 is 19.7 Å². The van der Waals surface area contributed by atoms with Crippen molar-refractivity contribution in [3.8, 4) is 0 Å². The largest absolute Gasteiger partial charge is 0.376 e. The van der Waals surface area contributed by atoms with E-state index in [9.17, 15) is 13.6 Å². The minimum atomic E-state index is -0.659. The molecule has 0 aliphatic carbocycles. The molecule has 0 saturated carbocycles. The summed E-state index contributed by atoms with van der Waals surface area (Å²) in [6.45, 7) is 2.84. The number of ether oxygens (including phenoxy) is 2. The van der Waals surface area contributed by atoms with Gasteiger partial charge in [0.05, 0.1) is 18.8 Å². The summed E-state index contributed by atoms with van der Waals surface area (Å²) in [7, 11) is 3.42. The predicted octanol–water partition coefficient (Wildman–Crippen LogP) is 2.66. The highest BCUT2D eigenvalue weighted by atomic mass is 19.1. The van der Waals surface area contributed by atoms with Crippen molar-refractivity contribution in [3.05, 3.63) is 35.4 Å². The number of carbonyl (C=O) groups excluding carboxylic acids is 1. The van der Waals surface area contributed by atoms with Crippen LogP contribution < -0.4 is 5.32 Å². The third-order valence-corrected chi connectivity index (χ3v) is 4.60. The molecule has 1 fully saturated rings. The van der Waals surface area contributed by atoms with Crippen molar-refractivity contribution in [1.82, 2.24) is 10.2 Å². The zero-order chi connectivity index (χ0) is 19.1. The molecular formula is C19H28F2N2O3. The van der Waals surface area contributed by atoms with E-state index in [0.717, 1.165) is 25.9 Å². The Labute approximate surface area is 153 Å². The Bertz CT molecular complexity index is 572. The molecule has 1 aliphatic rings. The molecule has 0 radical (unpaired) electrons. The van der Waals surface area contributed by atoms with Gasteiger partial charge in [-0.25, -0.2) is 8.78 Å². The van der Waals surface area contributed by atoms with Crippen LogP contribution in [0.3, 0.4) is 0 Å². The van der Waals surface area contributed by atoms with E-state index in [1.807, 2.05) is 0 Å². The molecule has 146 valence electrons. The number of carbonyl (C=O) groups is 1. The SMILES string of the molecule is CC(OCC1CCCCO1)C(=O)NCC(c1c(F)cccc1F)N(C)C. The van der Waals surface area contributed by atoms with E-state index in [1.54, 1.807) is 25.9 Å². The molecule has 3 atom stereocenters. The van der Waals surface area contributed by atoms with E-state index in [-0.39, 0.29) is 24.1 Å². The van der Waals surface area contributed by atoms with Crippen LogP contribution in [0.5, 0.6) is 0 Å². The van der Waals surface area contributed by atoms with Gasteiger partial charge in [-0.2, -0.15) is 0 Å². The fraction of sp³-hybridized carbons (Fsp3) is 0.632. The van der Waals surface area contributed by atoms with E-state index in [4.69, 9.17) is 9.47 Å². The molecular weight excluding hydrogens is 342 g/mol. The molecule has 1 aliphatic heterocycles. The van der Waals surface area contributed by atoms with Gasteiger partial charge in [0, 0.05) is 18.7 Å². The summed E-state index contributed by atoms with van der Waals surface area (Å²) in [5.74, 6) is -1.57. The average molecular weight is 370 g/mol. The van der Waals surface area contributed by atoms with Gasteiger partial charge in [0.2, 0.25) is 5.91 Å². The highest BCUT2D eigenvalue weighted by molar-refractivity contribution is 5.80. The lowest BCUT2D eigenvalue weighted by atomic mass is 10.0. The lowest BCUT2D eigenvalue weighted by Crippen LogP contribution is -2.41. The van der Waals surface area contributed by atoms with Crippen LogP contribution in [-0.4, -0.2) is 56.9 Å². The van der Waals surface area contributed by atoms with E-state index in [2.05, 4.69) is 5.32 Å². The summed E-state index contributed by atoms with van der Waals surface area (Å²) in [4.78, 5) is 13.9. The van der Waals surface area contributed by atoms with Crippen molar-refractivity contribution in [2.24, 2.45) is 0 Å². The minimum Gasteiger partial charge on any atom is -0.376 e. The van der Waals surface area contributed by atoms with Crippen LogP contribution >= 0.6 is 0 Å². The summed E-state index contributed by atoms with van der Waals surface area (Å²) in [5, 5.41) is 2.72. The molecule has 1 saturated heterocycles. The molecule has 2 rings (SSSR count). The summed E-state index contributed by atoms with van der Waals surface area (Å²) in [6, 6.07) is 3.14. The monoisotopic (exact) mass is 370 g/mol. The van der Waals surface area contributed by atoms with Crippen molar-refractivity contribution < 1.29 is 23.0 Å². The number of halogens is 2. The lowest BCUT2D eigenvalue weighted by molar-refractivity contribution is -0.135. The molecule has 0 spiro atoms. The Hall–Kier alpha value is -1.57. The van der Waals surface area contributed by atoms with Gasteiger partial charge in [0.1, 0.15) is 17.7 Å². The summed E-state index contributed by atoms with van der Waals surface area (Å²) < 4.78 is 39.3. The fourth-order valence-corrected chi connectivity index (χ4v) is 2.98. The summed E-state index contributed by atoms with van der Waals surface area (Å²) in [6.07, 6.45) is 2.47. The second kappa shape index (κ2) is 9.94. The first-order chi connectivity index (χ1) is 12.4. The number of hydrogen-bond acceptors (Lipinski definition) is 4. The molecule has 5 nitrogen and oxygen atoms in total. The molecule has 1 aromatic carbocycles. The Morgan fingerprint density at radius 2 is 2.04 bits per heavy atom. The van der Waals surface area contributed by atoms with Crippen molar-refractivity contribution in [2.45, 2.75) is 44.4 Å². The molecule has 26 heavy (non-hydrogen) atoms. The molecule has 1 heterocycles. The van der Waals surface area contributed by atoms with Gasteiger partial charge in [-0.1, -0.05) is 6.07 Å². The third kappa shape index (κ3) is 5.72. The maximum Gasteiger partial charge on any atom is 0.248 e. The first kappa shape index (κ1) is 20.7. The zero-order valence-corrected chi connectivity index (χ0v) is 15.6. The molecule has 1 amide bonds. The fourth-order valence-electron chi connectivity index (χ4n) is 2.98. The molecule has 1 aromatic rings. The molecule has 0 aromatic heterocycles. The average Bonchev–Trinajstić information content (AvgIpc) is 2.62. The highest BCUT2D eigenvalue weighted by Gasteiger charge is 2.24. The Morgan fingerprint density at radius 1 is 1.35 bits per heavy atom. The smallest absolute Gasteiger partial charge is 0.248 e. The number of rotatable bonds is 8. The quantitative estimate of drug-likeness (QED) is 0.764. The number of nitrogens with one attached hydrogen (secondary N) is 1. The molecule has 1 N–H and O–H groups in total. The Kier molecular flexibility index (Phi) is 7.93. The van der Waals surface area contributed by atoms with Crippen LogP contribution in [0.15, 0.2) is 18.2 Å². The number of likely N-dealkylation sites (N-methyl/N-ethyl adjacent to an activating group) is 1. The van der Waals surface area contributed by atoms with Crippen LogP contribution in [-0.2, 0) is 14.3 Å². The molecule has 7 heteroatoms. The standard InChI is InChI=1S/C19H28F2N2O3/c1-13(26-12-14-7-4-5-10-25-14)19(24)22-11-17(23(2)3)18-15(20)8-6-9-16(18)21/h6,8-9,13-14,17H,4-5,7,10-12H2,1-3H3,(H,22,24). The molecule has 0 bridgehead atoms. The second-order valence-electron chi connectivity index (χ2n) is 6.82. The lowest BCUT2D eigenvalue weighted by Gasteiger charge is -2.27. The van der Waals surface area contributed by atoms with Gasteiger partial charge in [0.15, 0.2) is 0 Å². The number of nitrogens with zero attached hydrogens (tertiary/aromatic N) is 1. The van der Waals surface area contributed by atoms with Gasteiger partial charge in [-0.15, -0.1) is 0 Å². The predicted molar refractivity (Wildman–Crippen MR) is 94.8 cm³/mol. The van der Waals surface area contributed by atoms with Gasteiger partial charge in [0.25, 0.3) is 0 Å². The number of hydrogen-bond donors (Lipinski definition) is 1. The normalized spacial score (nSPS) is 20.0. The van der Waals surface area contributed by atoms with Crippen molar-refractivity contribution in [2.75, 3.05) is 33.9 Å². The van der Waals surface area contributed by atoms with Crippen LogP contribution in [0.1, 0.15) is 37.8 Å². The van der Waals surface area contributed by atoms with Gasteiger partial charge in [-0.05, 0) is 52.4 Å². The highest BCUT2D eigenvalue weighted by Crippen LogP contribution is 2.24. The summed E-state index contributed by atoms with van der Waals surface area (Å²) in [5.41, 5.74) is -0.0537. The Morgan fingerprint density at radius 3 is 2.62 bits per heavy atom. The van der Waals surface area contributed by atoms with E-state index in [0.29, 0.717) is 6.61 Å². The van der Waals surface area contributed by atoms with Crippen LogP contribution in [0.2, 0.25) is 0 Å². The maximum absolute atomic E-state index is 14.1. The topological polar surface area (TPSA) is 50.8 Å². The first-order valence-electron chi connectivity index (χ1n) is 9.01. The molecule has 3 unspecified atom stereocenters. The zero-order valence-electron chi connectivity index (χ0n) is 15.6. The second-order valence-corrected chi connectivity index (χ2v) is 6.82.